The standard InChI is InChI=1S/C21H26FN5O3/c1-14(28)24-10-17-12-27(21(29)30-17)16-4-5-19(18(22)9-16)26-11-15-3-2-7-25(8-6-23)20(15)13-26/h4-5,9,15,17,20H,2-3,7-8,10-13H2,1H3,(H,24,28)/t15?,17?,20-/m0/s1. The Kier molecular flexibility index (Phi) is 5.77. The SMILES string of the molecule is CC(=O)NCC1CN(c2ccc(N3CC4CCCN(CC#N)[C@H]4C3)c(F)c2)C(=O)O1. The van der Waals surface area contributed by atoms with Gasteiger partial charge in [0.15, 0.2) is 0 Å². The van der Waals surface area contributed by atoms with E-state index >= 15 is 4.39 Å². The molecule has 0 aromatic heterocycles. The second-order valence-electron chi connectivity index (χ2n) is 8.19. The van der Waals surface area contributed by atoms with Crippen molar-refractivity contribution in [3.8, 4) is 6.07 Å². The normalized spacial score (nSPS) is 26.3. The smallest absolute Gasteiger partial charge is 0.414 e. The van der Waals surface area contributed by atoms with E-state index in [1.165, 1.54) is 17.9 Å². The number of carbonyl (C=O) groups excluding carboxylic acids is 2. The van der Waals surface area contributed by atoms with Gasteiger partial charge in [-0.25, -0.2) is 9.18 Å². The molecular weight excluding hydrogens is 389 g/mol. The van der Waals surface area contributed by atoms with Crippen molar-refractivity contribution in [3.05, 3.63) is 24.0 Å². The van der Waals surface area contributed by atoms with Gasteiger partial charge in [-0.3, -0.25) is 14.6 Å². The number of benzene rings is 1. The summed E-state index contributed by atoms with van der Waals surface area (Å²) in [7, 11) is 0. The molecule has 9 heteroatoms. The number of likely N-dealkylation sites (tertiary alicyclic amines) is 1. The van der Waals surface area contributed by atoms with E-state index in [0.717, 1.165) is 25.9 Å². The molecule has 0 spiro atoms. The van der Waals surface area contributed by atoms with Gasteiger partial charge in [0.25, 0.3) is 0 Å². The number of amides is 2. The van der Waals surface area contributed by atoms with E-state index in [1.807, 2.05) is 4.90 Å². The second-order valence-corrected chi connectivity index (χ2v) is 8.19. The van der Waals surface area contributed by atoms with Crippen molar-refractivity contribution in [2.45, 2.75) is 31.9 Å². The first-order valence-corrected chi connectivity index (χ1v) is 10.3. The summed E-state index contributed by atoms with van der Waals surface area (Å²) < 4.78 is 20.3. The van der Waals surface area contributed by atoms with Crippen molar-refractivity contribution < 1.29 is 18.7 Å². The molecule has 160 valence electrons. The number of ether oxygens (including phenoxy) is 1. The summed E-state index contributed by atoms with van der Waals surface area (Å²) in [5.74, 6) is -0.134. The van der Waals surface area contributed by atoms with E-state index in [2.05, 4.69) is 16.3 Å². The number of fused-ring (bicyclic) bond motifs is 1. The number of hydrogen-bond donors (Lipinski definition) is 1. The Balaban J connectivity index is 1.45. The summed E-state index contributed by atoms with van der Waals surface area (Å²) in [4.78, 5) is 28.9. The highest BCUT2D eigenvalue weighted by Crippen LogP contribution is 2.35. The molecule has 0 aliphatic carbocycles. The van der Waals surface area contributed by atoms with E-state index in [0.29, 0.717) is 30.4 Å². The van der Waals surface area contributed by atoms with Gasteiger partial charge in [0, 0.05) is 26.1 Å². The number of nitrogens with zero attached hydrogens (tertiary/aromatic N) is 4. The highest BCUT2D eigenvalue weighted by Gasteiger charge is 2.40. The monoisotopic (exact) mass is 415 g/mol. The molecule has 4 rings (SSSR count). The third-order valence-electron chi connectivity index (χ3n) is 6.21. The van der Waals surface area contributed by atoms with Crippen LogP contribution in [0.4, 0.5) is 20.6 Å². The average Bonchev–Trinajstić information content (AvgIpc) is 3.30. The fourth-order valence-electron chi connectivity index (χ4n) is 4.77. The number of halogens is 1. The summed E-state index contributed by atoms with van der Waals surface area (Å²) in [6.45, 7) is 4.69. The van der Waals surface area contributed by atoms with Crippen LogP contribution in [0.3, 0.4) is 0 Å². The highest BCUT2D eigenvalue weighted by atomic mass is 19.1. The zero-order valence-electron chi connectivity index (χ0n) is 17.0. The van der Waals surface area contributed by atoms with Gasteiger partial charge in [0.1, 0.15) is 11.9 Å². The van der Waals surface area contributed by atoms with Crippen molar-refractivity contribution in [2.24, 2.45) is 5.92 Å². The number of hydrogen-bond acceptors (Lipinski definition) is 6. The average molecular weight is 415 g/mol. The van der Waals surface area contributed by atoms with Crippen LogP contribution in [0.2, 0.25) is 0 Å². The minimum atomic E-state index is -0.545. The second kappa shape index (κ2) is 8.48. The lowest BCUT2D eigenvalue weighted by Crippen LogP contribution is -2.45. The topological polar surface area (TPSA) is 88.9 Å². The Morgan fingerprint density at radius 3 is 2.93 bits per heavy atom. The van der Waals surface area contributed by atoms with Crippen LogP contribution in [0.5, 0.6) is 0 Å². The molecule has 1 aromatic rings. The molecule has 30 heavy (non-hydrogen) atoms. The number of anilines is 2. The van der Waals surface area contributed by atoms with Gasteiger partial charge in [0.05, 0.1) is 37.1 Å². The molecule has 3 aliphatic heterocycles. The quantitative estimate of drug-likeness (QED) is 0.737. The summed E-state index contributed by atoms with van der Waals surface area (Å²) in [5, 5.41) is 11.7. The molecule has 3 saturated heterocycles. The van der Waals surface area contributed by atoms with Gasteiger partial charge in [-0.2, -0.15) is 5.26 Å². The Bertz CT molecular complexity index is 873. The van der Waals surface area contributed by atoms with Gasteiger partial charge in [0.2, 0.25) is 5.91 Å². The maximum atomic E-state index is 15.0. The number of rotatable bonds is 5. The van der Waals surface area contributed by atoms with Crippen LogP contribution in [-0.2, 0) is 9.53 Å². The summed E-state index contributed by atoms with van der Waals surface area (Å²) >= 11 is 0. The van der Waals surface area contributed by atoms with Crippen LogP contribution in [0, 0.1) is 23.1 Å². The van der Waals surface area contributed by atoms with Crippen LogP contribution < -0.4 is 15.1 Å². The Morgan fingerprint density at radius 1 is 1.37 bits per heavy atom. The molecule has 1 N–H and O–H groups in total. The largest absolute Gasteiger partial charge is 0.442 e. The predicted octanol–water partition coefficient (Wildman–Crippen LogP) is 1.71. The van der Waals surface area contributed by atoms with Gasteiger partial charge in [-0.1, -0.05) is 0 Å². The number of carbonyl (C=O) groups is 2. The van der Waals surface area contributed by atoms with Crippen LogP contribution in [0.15, 0.2) is 18.2 Å². The van der Waals surface area contributed by atoms with Gasteiger partial charge in [-0.05, 0) is 43.5 Å². The maximum Gasteiger partial charge on any atom is 0.414 e. The van der Waals surface area contributed by atoms with E-state index in [4.69, 9.17) is 10.00 Å². The first kappa shape index (κ1) is 20.4. The molecule has 2 amide bonds. The third-order valence-corrected chi connectivity index (χ3v) is 6.21. The summed E-state index contributed by atoms with van der Waals surface area (Å²) in [5.41, 5.74) is 0.960. The first-order valence-electron chi connectivity index (χ1n) is 10.3. The van der Waals surface area contributed by atoms with Crippen LogP contribution >= 0.6 is 0 Å². The zero-order chi connectivity index (χ0) is 21.3. The van der Waals surface area contributed by atoms with Crippen molar-refractivity contribution in [1.29, 1.82) is 5.26 Å². The molecule has 0 saturated carbocycles. The van der Waals surface area contributed by atoms with E-state index in [9.17, 15) is 9.59 Å². The van der Waals surface area contributed by atoms with Crippen molar-refractivity contribution >= 4 is 23.4 Å². The third kappa shape index (κ3) is 4.05. The molecule has 3 heterocycles. The van der Waals surface area contributed by atoms with E-state index in [-0.39, 0.29) is 30.9 Å². The van der Waals surface area contributed by atoms with Crippen LogP contribution in [-0.4, -0.2) is 68.3 Å². The summed E-state index contributed by atoms with van der Waals surface area (Å²) in [6, 6.07) is 7.33. The molecule has 3 atom stereocenters. The van der Waals surface area contributed by atoms with E-state index in [1.54, 1.807) is 12.1 Å². The zero-order valence-corrected chi connectivity index (χ0v) is 17.0. The molecule has 3 aliphatic rings. The highest BCUT2D eigenvalue weighted by molar-refractivity contribution is 5.90. The van der Waals surface area contributed by atoms with Gasteiger partial charge in [-0.15, -0.1) is 0 Å². The molecule has 3 fully saturated rings. The number of cyclic esters (lactones) is 1. The molecule has 0 bridgehead atoms. The van der Waals surface area contributed by atoms with Crippen LogP contribution in [0.1, 0.15) is 19.8 Å². The Morgan fingerprint density at radius 2 is 2.20 bits per heavy atom. The fraction of sp³-hybridized carbons (Fsp3) is 0.571. The fourth-order valence-corrected chi connectivity index (χ4v) is 4.77. The number of piperidine rings is 1. The number of nitrogens with one attached hydrogen (secondary N) is 1. The molecule has 0 radical (unpaired) electrons. The van der Waals surface area contributed by atoms with Crippen molar-refractivity contribution in [1.82, 2.24) is 10.2 Å². The minimum absolute atomic E-state index is 0.195. The summed E-state index contributed by atoms with van der Waals surface area (Å²) in [6.07, 6.45) is 1.15. The Hall–Kier alpha value is -2.86. The number of nitriles is 1. The predicted molar refractivity (Wildman–Crippen MR) is 109 cm³/mol. The Labute approximate surface area is 175 Å². The molecular formula is C21H26FN5O3. The lowest BCUT2D eigenvalue weighted by atomic mass is 9.92. The van der Waals surface area contributed by atoms with Crippen LogP contribution in [0.25, 0.3) is 0 Å². The molecule has 2 unspecified atom stereocenters. The molecule has 1 aromatic carbocycles. The van der Waals surface area contributed by atoms with Crippen molar-refractivity contribution in [3.63, 3.8) is 0 Å². The lowest BCUT2D eigenvalue weighted by Gasteiger charge is -2.34. The molecule has 8 nitrogen and oxygen atoms in total. The van der Waals surface area contributed by atoms with Gasteiger partial charge >= 0.3 is 6.09 Å². The minimum Gasteiger partial charge on any atom is -0.442 e. The maximum absolute atomic E-state index is 15.0. The van der Waals surface area contributed by atoms with E-state index < -0.39 is 12.2 Å². The first-order chi connectivity index (χ1) is 14.5. The van der Waals surface area contributed by atoms with Crippen molar-refractivity contribution in [2.75, 3.05) is 49.1 Å². The van der Waals surface area contributed by atoms with Gasteiger partial charge < -0.3 is 15.0 Å². The lowest BCUT2D eigenvalue weighted by molar-refractivity contribution is -0.119.